The van der Waals surface area contributed by atoms with Crippen LogP contribution in [0.2, 0.25) is 5.02 Å². The van der Waals surface area contributed by atoms with Gasteiger partial charge in [-0.25, -0.2) is 0 Å². The first-order valence-corrected chi connectivity index (χ1v) is 10.5. The summed E-state index contributed by atoms with van der Waals surface area (Å²) in [7, 11) is 4.62. The predicted octanol–water partition coefficient (Wildman–Crippen LogP) is 5.72. The molecule has 0 saturated heterocycles. The average molecular weight is 455 g/mol. The van der Waals surface area contributed by atoms with E-state index >= 15 is 0 Å². The summed E-state index contributed by atoms with van der Waals surface area (Å²) in [6, 6.07) is 19.1. The zero-order valence-electron chi connectivity index (χ0n) is 18.6. The molecule has 0 aromatic heterocycles. The second-order valence-corrected chi connectivity index (χ2v) is 7.64. The molecule has 0 aliphatic rings. The monoisotopic (exact) mass is 454 g/mol. The number of carbonyl (C=O) groups is 1. The second kappa shape index (κ2) is 10.8. The Morgan fingerprint density at radius 1 is 0.938 bits per heavy atom. The summed E-state index contributed by atoms with van der Waals surface area (Å²) >= 11 is 6.46. The Morgan fingerprint density at radius 2 is 1.59 bits per heavy atom. The van der Waals surface area contributed by atoms with Gasteiger partial charge in [-0.05, 0) is 48.4 Å². The van der Waals surface area contributed by atoms with Crippen molar-refractivity contribution in [3.8, 4) is 17.2 Å². The first kappa shape index (κ1) is 23.3. The number of nitrogens with one attached hydrogen (secondary N) is 2. The highest BCUT2D eigenvalue weighted by Gasteiger charge is 2.15. The van der Waals surface area contributed by atoms with Crippen LogP contribution in [-0.4, -0.2) is 27.2 Å². The number of anilines is 2. The third-order valence-electron chi connectivity index (χ3n) is 5.01. The number of benzene rings is 3. The van der Waals surface area contributed by atoms with Crippen molar-refractivity contribution in [1.82, 2.24) is 0 Å². The number of ether oxygens (including phenoxy) is 3. The van der Waals surface area contributed by atoms with E-state index in [0.717, 1.165) is 16.8 Å². The van der Waals surface area contributed by atoms with Crippen LogP contribution in [0.15, 0.2) is 60.7 Å². The molecular formula is C25H27ClN2O4. The van der Waals surface area contributed by atoms with Crippen molar-refractivity contribution in [2.24, 2.45) is 0 Å². The molecule has 2 N–H and O–H groups in total. The molecule has 0 aliphatic heterocycles. The fourth-order valence-corrected chi connectivity index (χ4v) is 3.63. The molecule has 0 spiro atoms. The highest BCUT2D eigenvalue weighted by molar-refractivity contribution is 6.33. The highest BCUT2D eigenvalue weighted by atomic mass is 35.5. The molecule has 0 bridgehead atoms. The van der Waals surface area contributed by atoms with Gasteiger partial charge in [0, 0.05) is 11.7 Å². The maximum atomic E-state index is 12.6. The molecule has 3 aromatic rings. The minimum atomic E-state index is -0.186. The summed E-state index contributed by atoms with van der Waals surface area (Å²) in [6.07, 6.45) is 0.138. The van der Waals surface area contributed by atoms with Crippen LogP contribution in [0.1, 0.15) is 24.1 Å². The van der Waals surface area contributed by atoms with Crippen molar-refractivity contribution in [2.45, 2.75) is 19.4 Å². The summed E-state index contributed by atoms with van der Waals surface area (Å²) in [6.45, 7) is 2.07. The quantitative estimate of drug-likeness (QED) is 0.432. The molecule has 3 rings (SSSR count). The number of rotatable bonds is 9. The lowest BCUT2D eigenvalue weighted by molar-refractivity contribution is -0.115. The lowest BCUT2D eigenvalue weighted by Crippen LogP contribution is -2.15. The minimum Gasteiger partial charge on any atom is -0.493 e. The van der Waals surface area contributed by atoms with E-state index in [1.807, 2.05) is 30.3 Å². The summed E-state index contributed by atoms with van der Waals surface area (Å²) in [5, 5.41) is 6.81. The molecule has 32 heavy (non-hydrogen) atoms. The topological polar surface area (TPSA) is 68.8 Å². The first-order valence-electron chi connectivity index (χ1n) is 10.1. The lowest BCUT2D eigenvalue weighted by Gasteiger charge is -2.17. The molecule has 0 fully saturated rings. The molecule has 168 valence electrons. The normalized spacial score (nSPS) is 11.4. The maximum absolute atomic E-state index is 12.6. The first-order chi connectivity index (χ1) is 15.4. The molecule has 0 heterocycles. The molecular weight excluding hydrogens is 428 g/mol. The van der Waals surface area contributed by atoms with Gasteiger partial charge in [0.2, 0.25) is 11.7 Å². The van der Waals surface area contributed by atoms with Crippen LogP contribution in [0.25, 0.3) is 0 Å². The summed E-state index contributed by atoms with van der Waals surface area (Å²) in [4.78, 5) is 12.6. The standard InChI is InChI=1S/C25H27ClN2O4/c1-16(18-8-6-5-7-9-18)27-21-11-10-19(15-20(21)26)28-24(29)14-17-12-22(30-2)25(32-4)23(13-17)31-3/h5-13,15-16,27H,14H2,1-4H3,(H,28,29). The molecule has 1 amide bonds. The van der Waals surface area contributed by atoms with Crippen molar-refractivity contribution < 1.29 is 19.0 Å². The van der Waals surface area contributed by atoms with E-state index in [1.54, 1.807) is 18.2 Å². The number of hydrogen-bond donors (Lipinski definition) is 2. The van der Waals surface area contributed by atoms with E-state index in [-0.39, 0.29) is 18.4 Å². The summed E-state index contributed by atoms with van der Waals surface area (Å²) in [5.74, 6) is 1.30. The third-order valence-corrected chi connectivity index (χ3v) is 5.33. The van der Waals surface area contributed by atoms with Crippen molar-refractivity contribution in [2.75, 3.05) is 32.0 Å². The van der Waals surface area contributed by atoms with Crippen LogP contribution in [0.5, 0.6) is 17.2 Å². The molecule has 0 aliphatic carbocycles. The summed E-state index contributed by atoms with van der Waals surface area (Å²) < 4.78 is 16.0. The van der Waals surface area contributed by atoms with Crippen molar-refractivity contribution >= 4 is 28.9 Å². The second-order valence-electron chi connectivity index (χ2n) is 7.23. The molecule has 0 radical (unpaired) electrons. The molecule has 1 atom stereocenters. The van der Waals surface area contributed by atoms with Crippen LogP contribution in [0.3, 0.4) is 0 Å². The van der Waals surface area contributed by atoms with E-state index in [4.69, 9.17) is 25.8 Å². The maximum Gasteiger partial charge on any atom is 0.228 e. The van der Waals surface area contributed by atoms with Crippen LogP contribution in [0, 0.1) is 0 Å². The number of carbonyl (C=O) groups excluding carboxylic acids is 1. The zero-order valence-corrected chi connectivity index (χ0v) is 19.3. The number of halogens is 1. The Balaban J connectivity index is 1.67. The smallest absolute Gasteiger partial charge is 0.228 e. The zero-order chi connectivity index (χ0) is 23.1. The molecule has 7 heteroatoms. The van der Waals surface area contributed by atoms with E-state index in [1.165, 1.54) is 21.3 Å². The van der Waals surface area contributed by atoms with E-state index in [9.17, 15) is 4.79 Å². The van der Waals surface area contributed by atoms with Crippen molar-refractivity contribution in [3.05, 3.63) is 76.8 Å². The Labute approximate surface area is 193 Å². The van der Waals surface area contributed by atoms with Crippen LogP contribution in [-0.2, 0) is 11.2 Å². The highest BCUT2D eigenvalue weighted by Crippen LogP contribution is 2.38. The van der Waals surface area contributed by atoms with Gasteiger partial charge in [-0.1, -0.05) is 41.9 Å². The van der Waals surface area contributed by atoms with Gasteiger partial charge in [-0.15, -0.1) is 0 Å². The van der Waals surface area contributed by atoms with E-state index in [0.29, 0.717) is 28.0 Å². The SMILES string of the molecule is COc1cc(CC(=O)Nc2ccc(NC(C)c3ccccc3)c(Cl)c2)cc(OC)c1OC. The third kappa shape index (κ3) is 5.65. The van der Waals surface area contributed by atoms with Gasteiger partial charge < -0.3 is 24.8 Å². The van der Waals surface area contributed by atoms with Gasteiger partial charge in [-0.2, -0.15) is 0 Å². The fraction of sp³-hybridized carbons (Fsp3) is 0.240. The van der Waals surface area contributed by atoms with Gasteiger partial charge in [-0.3, -0.25) is 4.79 Å². The molecule has 6 nitrogen and oxygen atoms in total. The minimum absolute atomic E-state index is 0.0918. The van der Waals surface area contributed by atoms with Crippen LogP contribution >= 0.6 is 11.6 Å². The lowest BCUT2D eigenvalue weighted by atomic mass is 10.1. The molecule has 3 aromatic carbocycles. The van der Waals surface area contributed by atoms with Gasteiger partial charge in [0.15, 0.2) is 11.5 Å². The molecule has 1 unspecified atom stereocenters. The number of methoxy groups -OCH3 is 3. The van der Waals surface area contributed by atoms with Gasteiger partial charge in [0.1, 0.15) is 0 Å². The Bertz CT molecular complexity index is 1050. The number of amides is 1. The Kier molecular flexibility index (Phi) is 7.84. The Hall–Kier alpha value is -3.38. The van der Waals surface area contributed by atoms with Crippen LogP contribution in [0.4, 0.5) is 11.4 Å². The van der Waals surface area contributed by atoms with E-state index < -0.39 is 0 Å². The molecule has 0 saturated carbocycles. The average Bonchev–Trinajstić information content (AvgIpc) is 2.80. The van der Waals surface area contributed by atoms with Crippen molar-refractivity contribution in [3.63, 3.8) is 0 Å². The van der Waals surface area contributed by atoms with Gasteiger partial charge in [0.25, 0.3) is 0 Å². The summed E-state index contributed by atoms with van der Waals surface area (Å²) in [5.41, 5.74) is 3.31. The van der Waals surface area contributed by atoms with E-state index in [2.05, 4.69) is 29.7 Å². The largest absolute Gasteiger partial charge is 0.493 e. The van der Waals surface area contributed by atoms with Crippen LogP contribution < -0.4 is 24.8 Å². The number of hydrogen-bond acceptors (Lipinski definition) is 5. The predicted molar refractivity (Wildman–Crippen MR) is 128 cm³/mol. The fourth-order valence-electron chi connectivity index (χ4n) is 3.40. The Morgan fingerprint density at radius 3 is 2.16 bits per heavy atom. The van der Waals surface area contributed by atoms with Gasteiger partial charge >= 0.3 is 0 Å². The van der Waals surface area contributed by atoms with Gasteiger partial charge in [0.05, 0.1) is 38.5 Å². The van der Waals surface area contributed by atoms with Crippen molar-refractivity contribution in [1.29, 1.82) is 0 Å².